The van der Waals surface area contributed by atoms with Gasteiger partial charge >= 0.3 is 0 Å². The minimum Gasteiger partial charge on any atom is -0.387 e. The van der Waals surface area contributed by atoms with Crippen molar-refractivity contribution in [2.45, 2.75) is 77.7 Å². The molecular weight excluding hydrogens is 326 g/mol. The van der Waals surface area contributed by atoms with Crippen LogP contribution in [0.3, 0.4) is 0 Å². The zero-order chi connectivity index (χ0) is 18.7. The van der Waals surface area contributed by atoms with Crippen molar-refractivity contribution in [1.29, 1.82) is 0 Å². The van der Waals surface area contributed by atoms with E-state index in [4.69, 9.17) is 0 Å². The largest absolute Gasteiger partial charge is 0.387 e. The zero-order valence-corrected chi connectivity index (χ0v) is 16.4. The highest BCUT2D eigenvalue weighted by Gasteiger charge is 2.63. The van der Waals surface area contributed by atoms with Crippen LogP contribution < -0.4 is 5.32 Å². The average molecular weight is 360 g/mol. The quantitative estimate of drug-likeness (QED) is 0.794. The van der Waals surface area contributed by atoms with Crippen LogP contribution in [0.2, 0.25) is 0 Å². The SMILES string of the molecule is CC(=O)NC[C@]1(O)CC[C@H]2[C@@H]3CCC4=CC(=O)CC[C@]4(C)[C@H]3CC[C@@]21C. The van der Waals surface area contributed by atoms with Crippen molar-refractivity contribution in [2.75, 3.05) is 6.54 Å². The van der Waals surface area contributed by atoms with Crippen LogP contribution in [0.15, 0.2) is 11.6 Å². The topological polar surface area (TPSA) is 66.4 Å². The Morgan fingerprint density at radius 2 is 1.88 bits per heavy atom. The number of carbonyl (C=O) groups is 2. The van der Waals surface area contributed by atoms with Crippen molar-refractivity contribution in [2.24, 2.45) is 28.6 Å². The maximum atomic E-state index is 11.9. The van der Waals surface area contributed by atoms with Gasteiger partial charge in [0.05, 0.1) is 5.60 Å². The van der Waals surface area contributed by atoms with Gasteiger partial charge in [-0.15, -0.1) is 0 Å². The van der Waals surface area contributed by atoms with E-state index >= 15 is 0 Å². The molecule has 2 N–H and O–H groups in total. The zero-order valence-electron chi connectivity index (χ0n) is 16.4. The third kappa shape index (κ3) is 2.44. The Balaban J connectivity index is 1.61. The number of hydrogen-bond acceptors (Lipinski definition) is 3. The molecule has 0 aromatic rings. The highest BCUT2D eigenvalue weighted by atomic mass is 16.3. The molecular formula is C22H33NO3. The van der Waals surface area contributed by atoms with E-state index in [1.807, 2.05) is 6.08 Å². The van der Waals surface area contributed by atoms with Crippen LogP contribution in [0, 0.1) is 28.6 Å². The molecule has 0 spiro atoms. The first-order valence-electron chi connectivity index (χ1n) is 10.4. The second-order valence-electron chi connectivity index (χ2n) is 9.91. The van der Waals surface area contributed by atoms with E-state index in [1.54, 1.807) is 0 Å². The Kier molecular flexibility index (Phi) is 4.15. The Morgan fingerprint density at radius 1 is 1.15 bits per heavy atom. The molecule has 144 valence electrons. The lowest BCUT2D eigenvalue weighted by Gasteiger charge is -2.59. The van der Waals surface area contributed by atoms with Crippen molar-refractivity contribution in [3.05, 3.63) is 11.6 Å². The molecule has 0 unspecified atom stereocenters. The fourth-order valence-corrected chi connectivity index (χ4v) is 7.23. The molecule has 0 bridgehead atoms. The molecule has 4 rings (SSSR count). The summed E-state index contributed by atoms with van der Waals surface area (Å²) in [5.41, 5.74) is 0.674. The summed E-state index contributed by atoms with van der Waals surface area (Å²) in [6.07, 6.45) is 9.83. The minimum absolute atomic E-state index is 0.0639. The van der Waals surface area contributed by atoms with Gasteiger partial charge in [-0.1, -0.05) is 19.4 Å². The van der Waals surface area contributed by atoms with Crippen molar-refractivity contribution in [3.63, 3.8) is 0 Å². The van der Waals surface area contributed by atoms with E-state index < -0.39 is 5.60 Å². The molecule has 0 radical (unpaired) electrons. The fraction of sp³-hybridized carbons (Fsp3) is 0.818. The number of rotatable bonds is 2. The lowest BCUT2D eigenvalue weighted by molar-refractivity contribution is -0.134. The first-order chi connectivity index (χ1) is 12.2. The highest BCUT2D eigenvalue weighted by Crippen LogP contribution is 2.67. The first-order valence-corrected chi connectivity index (χ1v) is 10.4. The smallest absolute Gasteiger partial charge is 0.216 e. The van der Waals surface area contributed by atoms with Gasteiger partial charge in [0.25, 0.3) is 0 Å². The summed E-state index contributed by atoms with van der Waals surface area (Å²) >= 11 is 0. The van der Waals surface area contributed by atoms with Crippen molar-refractivity contribution in [3.8, 4) is 0 Å². The van der Waals surface area contributed by atoms with Gasteiger partial charge in [-0.25, -0.2) is 0 Å². The van der Waals surface area contributed by atoms with Crippen LogP contribution >= 0.6 is 0 Å². The van der Waals surface area contributed by atoms with Gasteiger partial charge < -0.3 is 10.4 Å². The molecule has 0 aliphatic heterocycles. The monoisotopic (exact) mass is 359 g/mol. The second-order valence-corrected chi connectivity index (χ2v) is 9.91. The number of aliphatic hydroxyl groups is 1. The van der Waals surface area contributed by atoms with E-state index in [2.05, 4.69) is 19.2 Å². The van der Waals surface area contributed by atoms with Gasteiger partial charge in [-0.05, 0) is 74.2 Å². The molecule has 4 nitrogen and oxygen atoms in total. The van der Waals surface area contributed by atoms with Gasteiger partial charge in [0, 0.05) is 25.3 Å². The Hall–Kier alpha value is -1.16. The number of hydrogen-bond donors (Lipinski definition) is 2. The number of carbonyl (C=O) groups excluding carboxylic acids is 2. The molecule has 0 aromatic heterocycles. The number of nitrogens with one attached hydrogen (secondary N) is 1. The lowest BCUT2D eigenvalue weighted by Crippen LogP contribution is -2.57. The molecule has 0 heterocycles. The standard InChI is InChI=1S/C22H33NO3/c1-14(24)23-13-22(26)11-8-19-17-5-4-15-12-16(25)6-9-20(15,2)18(17)7-10-21(19,22)3/h12,17-19,26H,4-11,13H2,1-3H3,(H,23,24)/t17-,18+,19+,20+,21+,22-/m1/s1. The summed E-state index contributed by atoms with van der Waals surface area (Å²) in [6, 6.07) is 0. The van der Waals surface area contributed by atoms with Gasteiger partial charge in [0.15, 0.2) is 5.78 Å². The lowest BCUT2D eigenvalue weighted by atomic mass is 9.46. The summed E-state index contributed by atoms with van der Waals surface area (Å²) in [4.78, 5) is 23.3. The molecule has 4 aliphatic rings. The molecule has 1 amide bonds. The number of allylic oxidation sites excluding steroid dienone is 1. The fourth-order valence-electron chi connectivity index (χ4n) is 7.23. The third-order valence-electron chi connectivity index (χ3n) is 8.91. The van der Waals surface area contributed by atoms with Gasteiger partial charge in [0.2, 0.25) is 5.91 Å². The summed E-state index contributed by atoms with van der Waals surface area (Å²) in [6.45, 7) is 6.56. The molecule has 4 aliphatic carbocycles. The highest BCUT2D eigenvalue weighted by molar-refractivity contribution is 5.91. The second kappa shape index (κ2) is 5.92. The molecule has 4 heteroatoms. The van der Waals surface area contributed by atoms with E-state index in [0.29, 0.717) is 36.5 Å². The number of fused-ring (bicyclic) bond motifs is 5. The first kappa shape index (κ1) is 18.2. The molecule has 0 aromatic carbocycles. The third-order valence-corrected chi connectivity index (χ3v) is 8.91. The normalized spacial score (nSPS) is 47.5. The predicted octanol–water partition coefficient (Wildman–Crippen LogP) is 3.39. The van der Waals surface area contributed by atoms with E-state index in [0.717, 1.165) is 44.9 Å². The van der Waals surface area contributed by atoms with Gasteiger partial charge in [0.1, 0.15) is 0 Å². The van der Waals surface area contributed by atoms with Gasteiger partial charge in [-0.2, -0.15) is 0 Å². The van der Waals surface area contributed by atoms with E-state index in [-0.39, 0.29) is 16.7 Å². The van der Waals surface area contributed by atoms with Crippen LogP contribution in [0.25, 0.3) is 0 Å². The predicted molar refractivity (Wildman–Crippen MR) is 100 cm³/mol. The Bertz CT molecular complexity index is 670. The molecule has 26 heavy (non-hydrogen) atoms. The summed E-state index contributed by atoms with van der Waals surface area (Å²) in [7, 11) is 0. The molecule has 0 saturated heterocycles. The summed E-state index contributed by atoms with van der Waals surface area (Å²) in [5, 5.41) is 14.3. The average Bonchev–Trinajstić information content (AvgIpc) is 2.86. The van der Waals surface area contributed by atoms with E-state index in [9.17, 15) is 14.7 Å². The number of amides is 1. The molecule has 3 saturated carbocycles. The van der Waals surface area contributed by atoms with Crippen LogP contribution in [0.5, 0.6) is 0 Å². The van der Waals surface area contributed by atoms with Crippen LogP contribution in [0.1, 0.15) is 72.1 Å². The summed E-state index contributed by atoms with van der Waals surface area (Å²) in [5.74, 6) is 2.04. The Labute approximate surface area is 156 Å². The maximum absolute atomic E-state index is 11.9. The molecule has 3 fully saturated rings. The van der Waals surface area contributed by atoms with Crippen molar-refractivity contribution < 1.29 is 14.7 Å². The minimum atomic E-state index is -0.784. The number of ketones is 1. The van der Waals surface area contributed by atoms with E-state index in [1.165, 1.54) is 12.5 Å². The summed E-state index contributed by atoms with van der Waals surface area (Å²) < 4.78 is 0. The van der Waals surface area contributed by atoms with Gasteiger partial charge in [-0.3, -0.25) is 9.59 Å². The van der Waals surface area contributed by atoms with Crippen LogP contribution in [0.4, 0.5) is 0 Å². The Morgan fingerprint density at radius 3 is 2.62 bits per heavy atom. The van der Waals surface area contributed by atoms with Crippen molar-refractivity contribution >= 4 is 11.7 Å². The molecule has 6 atom stereocenters. The van der Waals surface area contributed by atoms with Crippen molar-refractivity contribution in [1.82, 2.24) is 5.32 Å². The maximum Gasteiger partial charge on any atom is 0.216 e. The van der Waals surface area contributed by atoms with Crippen LogP contribution in [-0.4, -0.2) is 28.9 Å². The van der Waals surface area contributed by atoms with Crippen LogP contribution in [-0.2, 0) is 9.59 Å².